The molecule has 2 N–H and O–H groups in total. The van der Waals surface area contributed by atoms with Gasteiger partial charge in [-0.05, 0) is 30.7 Å². The van der Waals surface area contributed by atoms with E-state index in [0.29, 0.717) is 10.9 Å². The predicted molar refractivity (Wildman–Crippen MR) is 70.3 cm³/mol. The van der Waals surface area contributed by atoms with Crippen LogP contribution in [0, 0.1) is 0 Å². The largest absolute Gasteiger partial charge is 0.478 e. The standard InChI is InChI=1S/C12H12N2O3S/c1-2-9-10(15)14-12(18-9)13-8-5-3-7(4-6-8)11(16)17/h3-6,9H,2H2,1H3,(H,16,17)(H,13,14,15). The zero-order valence-electron chi connectivity index (χ0n) is 9.71. The van der Waals surface area contributed by atoms with Crippen molar-refractivity contribution in [3.8, 4) is 0 Å². The number of carbonyl (C=O) groups is 2. The highest BCUT2D eigenvalue weighted by Gasteiger charge is 2.28. The number of aliphatic imine (C=N–C) groups is 1. The number of amidine groups is 1. The number of carboxylic acids is 1. The van der Waals surface area contributed by atoms with Gasteiger partial charge in [0.2, 0.25) is 5.91 Å². The Balaban J connectivity index is 2.14. The highest BCUT2D eigenvalue weighted by atomic mass is 32.2. The number of amides is 1. The lowest BCUT2D eigenvalue weighted by molar-refractivity contribution is -0.118. The van der Waals surface area contributed by atoms with Gasteiger partial charge in [0.05, 0.1) is 16.5 Å². The van der Waals surface area contributed by atoms with E-state index in [-0.39, 0.29) is 16.7 Å². The van der Waals surface area contributed by atoms with Crippen LogP contribution in [0.2, 0.25) is 0 Å². The minimum atomic E-state index is -0.969. The average Bonchev–Trinajstić information content (AvgIpc) is 2.70. The second-order valence-corrected chi connectivity index (χ2v) is 4.96. The maximum absolute atomic E-state index is 11.5. The molecule has 2 rings (SSSR count). The summed E-state index contributed by atoms with van der Waals surface area (Å²) in [5.74, 6) is -0.993. The molecule has 0 saturated carbocycles. The molecule has 5 nitrogen and oxygen atoms in total. The number of carbonyl (C=O) groups excluding carboxylic acids is 1. The van der Waals surface area contributed by atoms with E-state index < -0.39 is 5.97 Å². The molecule has 0 spiro atoms. The van der Waals surface area contributed by atoms with Gasteiger partial charge in [-0.25, -0.2) is 9.79 Å². The van der Waals surface area contributed by atoms with Crippen molar-refractivity contribution in [1.82, 2.24) is 5.32 Å². The summed E-state index contributed by atoms with van der Waals surface area (Å²) in [4.78, 5) is 26.4. The number of benzene rings is 1. The molecule has 0 aliphatic carbocycles. The van der Waals surface area contributed by atoms with E-state index in [2.05, 4.69) is 10.3 Å². The lowest BCUT2D eigenvalue weighted by Crippen LogP contribution is -2.24. The van der Waals surface area contributed by atoms with Gasteiger partial charge in [-0.15, -0.1) is 0 Å². The second-order valence-electron chi connectivity index (χ2n) is 3.77. The number of carboxylic acid groups (broad SMARTS) is 1. The first-order chi connectivity index (χ1) is 8.60. The first-order valence-electron chi connectivity index (χ1n) is 5.49. The Morgan fingerprint density at radius 1 is 1.44 bits per heavy atom. The van der Waals surface area contributed by atoms with Crippen molar-refractivity contribution in [2.75, 3.05) is 0 Å². The van der Waals surface area contributed by atoms with Gasteiger partial charge in [-0.1, -0.05) is 18.7 Å². The molecule has 1 atom stereocenters. The van der Waals surface area contributed by atoms with Crippen molar-refractivity contribution in [2.24, 2.45) is 4.99 Å². The number of nitrogens with zero attached hydrogens (tertiary/aromatic N) is 1. The Morgan fingerprint density at radius 3 is 2.61 bits per heavy atom. The van der Waals surface area contributed by atoms with Gasteiger partial charge in [0, 0.05) is 0 Å². The fourth-order valence-electron chi connectivity index (χ4n) is 1.52. The highest BCUT2D eigenvalue weighted by Crippen LogP contribution is 2.24. The molecular weight excluding hydrogens is 252 g/mol. The van der Waals surface area contributed by atoms with Gasteiger partial charge in [0.25, 0.3) is 0 Å². The molecule has 0 bridgehead atoms. The Morgan fingerprint density at radius 2 is 2.11 bits per heavy atom. The molecule has 1 aliphatic rings. The molecule has 1 aromatic carbocycles. The zero-order chi connectivity index (χ0) is 13.1. The van der Waals surface area contributed by atoms with Crippen LogP contribution in [0.1, 0.15) is 23.7 Å². The molecule has 1 aliphatic heterocycles. The van der Waals surface area contributed by atoms with Crippen molar-refractivity contribution < 1.29 is 14.7 Å². The Kier molecular flexibility index (Phi) is 3.66. The topological polar surface area (TPSA) is 78.8 Å². The van der Waals surface area contributed by atoms with Crippen molar-refractivity contribution in [3.05, 3.63) is 29.8 Å². The molecule has 1 heterocycles. The van der Waals surface area contributed by atoms with E-state index in [1.807, 2.05) is 6.92 Å². The zero-order valence-corrected chi connectivity index (χ0v) is 10.5. The third-order valence-electron chi connectivity index (χ3n) is 2.49. The monoisotopic (exact) mass is 264 g/mol. The molecule has 6 heteroatoms. The molecule has 1 fully saturated rings. The highest BCUT2D eigenvalue weighted by molar-refractivity contribution is 8.15. The summed E-state index contributed by atoms with van der Waals surface area (Å²) in [6.07, 6.45) is 0.757. The van der Waals surface area contributed by atoms with Crippen molar-refractivity contribution in [2.45, 2.75) is 18.6 Å². The summed E-state index contributed by atoms with van der Waals surface area (Å²) < 4.78 is 0. The molecule has 1 unspecified atom stereocenters. The maximum atomic E-state index is 11.5. The van der Waals surface area contributed by atoms with Crippen LogP contribution in [0.5, 0.6) is 0 Å². The Bertz CT molecular complexity index is 511. The summed E-state index contributed by atoms with van der Waals surface area (Å²) in [5.41, 5.74) is 0.841. The van der Waals surface area contributed by atoms with E-state index in [1.165, 1.54) is 23.9 Å². The van der Waals surface area contributed by atoms with Crippen LogP contribution in [-0.4, -0.2) is 27.4 Å². The third kappa shape index (κ3) is 2.70. The lowest BCUT2D eigenvalue weighted by atomic mass is 10.2. The molecule has 1 saturated heterocycles. The van der Waals surface area contributed by atoms with Crippen LogP contribution in [0.3, 0.4) is 0 Å². The van der Waals surface area contributed by atoms with Crippen LogP contribution < -0.4 is 5.32 Å². The Labute approximate surface area is 108 Å². The summed E-state index contributed by atoms with van der Waals surface area (Å²) in [5, 5.41) is 11.9. The van der Waals surface area contributed by atoms with Crippen LogP contribution in [0.25, 0.3) is 0 Å². The van der Waals surface area contributed by atoms with Gasteiger partial charge >= 0.3 is 5.97 Å². The van der Waals surface area contributed by atoms with Gasteiger partial charge < -0.3 is 10.4 Å². The minimum absolute atomic E-state index is 0.0246. The number of hydrogen-bond acceptors (Lipinski definition) is 4. The van der Waals surface area contributed by atoms with Crippen molar-refractivity contribution in [3.63, 3.8) is 0 Å². The van der Waals surface area contributed by atoms with Crippen LogP contribution >= 0.6 is 11.8 Å². The average molecular weight is 264 g/mol. The quantitative estimate of drug-likeness (QED) is 0.875. The normalized spacial score (nSPS) is 21.1. The summed E-state index contributed by atoms with van der Waals surface area (Å²) in [6, 6.07) is 6.20. The first-order valence-corrected chi connectivity index (χ1v) is 6.37. The van der Waals surface area contributed by atoms with Crippen LogP contribution in [0.15, 0.2) is 29.3 Å². The number of thioether (sulfide) groups is 1. The fraction of sp³-hybridized carbons (Fsp3) is 0.250. The van der Waals surface area contributed by atoms with Crippen LogP contribution in [0.4, 0.5) is 5.69 Å². The van der Waals surface area contributed by atoms with Crippen molar-refractivity contribution in [1.29, 1.82) is 0 Å². The molecule has 18 heavy (non-hydrogen) atoms. The molecule has 0 aromatic heterocycles. The van der Waals surface area contributed by atoms with Gasteiger partial charge in [0.1, 0.15) is 0 Å². The van der Waals surface area contributed by atoms with E-state index in [1.54, 1.807) is 12.1 Å². The van der Waals surface area contributed by atoms with E-state index in [0.717, 1.165) is 6.42 Å². The second kappa shape index (κ2) is 5.22. The number of hydrogen-bond donors (Lipinski definition) is 2. The van der Waals surface area contributed by atoms with Gasteiger partial charge in [-0.2, -0.15) is 0 Å². The first kappa shape index (κ1) is 12.6. The summed E-state index contributed by atoms with van der Waals surface area (Å²) >= 11 is 1.40. The third-order valence-corrected chi connectivity index (χ3v) is 3.74. The fourth-order valence-corrected chi connectivity index (χ4v) is 2.44. The van der Waals surface area contributed by atoms with Gasteiger partial charge in [-0.3, -0.25) is 4.79 Å². The smallest absolute Gasteiger partial charge is 0.335 e. The number of rotatable bonds is 3. The Hall–Kier alpha value is -1.82. The van der Waals surface area contributed by atoms with E-state index >= 15 is 0 Å². The molecule has 1 amide bonds. The van der Waals surface area contributed by atoms with Crippen LogP contribution in [-0.2, 0) is 4.79 Å². The molecule has 94 valence electrons. The van der Waals surface area contributed by atoms with Crippen molar-refractivity contribution >= 4 is 34.5 Å². The summed E-state index contributed by atoms with van der Waals surface area (Å²) in [7, 11) is 0. The number of aromatic carboxylic acids is 1. The van der Waals surface area contributed by atoms with Gasteiger partial charge in [0.15, 0.2) is 5.17 Å². The predicted octanol–water partition coefficient (Wildman–Crippen LogP) is 2.01. The minimum Gasteiger partial charge on any atom is -0.478 e. The van der Waals surface area contributed by atoms with E-state index in [4.69, 9.17) is 5.11 Å². The molecule has 0 radical (unpaired) electrons. The van der Waals surface area contributed by atoms with E-state index in [9.17, 15) is 9.59 Å². The SMILES string of the molecule is CCC1SC(=Nc2ccc(C(=O)O)cc2)NC1=O. The number of nitrogens with one attached hydrogen (secondary N) is 1. The lowest BCUT2D eigenvalue weighted by Gasteiger charge is -1.98. The molecular formula is C12H12N2O3S. The maximum Gasteiger partial charge on any atom is 0.335 e. The summed E-state index contributed by atoms with van der Waals surface area (Å²) in [6.45, 7) is 1.95. The molecule has 1 aromatic rings.